The molecule has 0 aromatic carbocycles. The second kappa shape index (κ2) is 8.12. The maximum atomic E-state index is 11.8. The molecule has 1 fully saturated rings. The molecule has 2 atom stereocenters. The highest BCUT2D eigenvalue weighted by Gasteiger charge is 2.24. The first-order valence-electron chi connectivity index (χ1n) is 6.86. The fourth-order valence-corrected chi connectivity index (χ4v) is 2.29. The van der Waals surface area contributed by atoms with Crippen molar-refractivity contribution in [2.24, 2.45) is 5.73 Å². The topological polar surface area (TPSA) is 84.7 Å². The van der Waals surface area contributed by atoms with Crippen molar-refractivity contribution >= 4 is 11.9 Å². The van der Waals surface area contributed by atoms with Gasteiger partial charge in [-0.25, -0.2) is 0 Å². The molecule has 19 heavy (non-hydrogen) atoms. The Balaban J connectivity index is 2.15. The van der Waals surface area contributed by atoms with Gasteiger partial charge >= 0.3 is 5.97 Å². The van der Waals surface area contributed by atoms with Crippen LogP contribution in [0.1, 0.15) is 32.6 Å². The number of nitrogens with two attached hydrogens (primary N) is 1. The van der Waals surface area contributed by atoms with Gasteiger partial charge in [0.1, 0.15) is 0 Å². The number of esters is 1. The minimum atomic E-state index is -0.243. The minimum absolute atomic E-state index is 0.00665. The Hall–Kier alpha value is -1.14. The van der Waals surface area contributed by atoms with Gasteiger partial charge < -0.3 is 15.8 Å². The lowest BCUT2D eigenvalue weighted by Gasteiger charge is -2.35. The Kier molecular flexibility index (Phi) is 6.80. The van der Waals surface area contributed by atoms with Crippen molar-refractivity contribution in [3.8, 4) is 0 Å². The van der Waals surface area contributed by atoms with Gasteiger partial charge in [-0.3, -0.25) is 14.5 Å². The maximum Gasteiger partial charge on any atom is 0.305 e. The molecule has 2 unspecified atom stereocenters. The second-order valence-electron chi connectivity index (χ2n) is 5.13. The van der Waals surface area contributed by atoms with Gasteiger partial charge in [0.15, 0.2) is 0 Å². The summed E-state index contributed by atoms with van der Waals surface area (Å²) in [4.78, 5) is 24.8. The molecule has 1 aliphatic rings. The van der Waals surface area contributed by atoms with E-state index >= 15 is 0 Å². The van der Waals surface area contributed by atoms with Crippen molar-refractivity contribution in [2.75, 3.05) is 26.7 Å². The molecular formula is C13H25N3O3. The van der Waals surface area contributed by atoms with Crippen LogP contribution in [0.15, 0.2) is 0 Å². The first-order chi connectivity index (χ1) is 9.02. The van der Waals surface area contributed by atoms with Gasteiger partial charge in [-0.05, 0) is 26.2 Å². The van der Waals surface area contributed by atoms with Crippen LogP contribution in [0.25, 0.3) is 0 Å². The third kappa shape index (κ3) is 6.02. The number of carbonyl (C=O) groups excluding carboxylic acids is 2. The Morgan fingerprint density at radius 2 is 2.21 bits per heavy atom. The zero-order valence-corrected chi connectivity index (χ0v) is 11.9. The number of ether oxygens (including phenoxy) is 1. The van der Waals surface area contributed by atoms with Crippen molar-refractivity contribution in [3.63, 3.8) is 0 Å². The molecule has 0 aromatic rings. The molecule has 0 aromatic heterocycles. The maximum absolute atomic E-state index is 11.8. The van der Waals surface area contributed by atoms with Gasteiger partial charge in [-0.2, -0.15) is 0 Å². The molecule has 6 heteroatoms. The summed E-state index contributed by atoms with van der Waals surface area (Å²) in [5, 5.41) is 2.82. The van der Waals surface area contributed by atoms with Gasteiger partial charge in [0.05, 0.1) is 13.7 Å². The summed E-state index contributed by atoms with van der Waals surface area (Å²) >= 11 is 0. The molecule has 1 aliphatic heterocycles. The first kappa shape index (κ1) is 15.9. The van der Waals surface area contributed by atoms with Crippen LogP contribution < -0.4 is 11.1 Å². The second-order valence-corrected chi connectivity index (χ2v) is 5.13. The molecule has 1 amide bonds. The lowest BCUT2D eigenvalue weighted by Crippen LogP contribution is -2.49. The molecule has 1 saturated heterocycles. The first-order valence-corrected chi connectivity index (χ1v) is 6.86. The predicted molar refractivity (Wildman–Crippen MR) is 72.5 cm³/mol. The highest BCUT2D eigenvalue weighted by Crippen LogP contribution is 2.14. The van der Waals surface area contributed by atoms with Crippen molar-refractivity contribution in [3.05, 3.63) is 0 Å². The van der Waals surface area contributed by atoms with Crippen molar-refractivity contribution in [1.82, 2.24) is 10.2 Å². The summed E-state index contributed by atoms with van der Waals surface area (Å²) in [5.41, 5.74) is 5.89. The summed E-state index contributed by atoms with van der Waals surface area (Å²) in [6.07, 6.45) is 2.83. The average Bonchev–Trinajstić information content (AvgIpc) is 2.37. The summed E-state index contributed by atoms with van der Waals surface area (Å²) in [6, 6.07) is 0.610. The number of likely N-dealkylation sites (tertiary alicyclic amines) is 1. The minimum Gasteiger partial charge on any atom is -0.469 e. The lowest BCUT2D eigenvalue weighted by atomic mass is 9.99. The molecule has 6 nitrogen and oxygen atoms in total. The Morgan fingerprint density at radius 3 is 2.84 bits per heavy atom. The number of hydrogen-bond donors (Lipinski definition) is 2. The van der Waals surface area contributed by atoms with Crippen molar-refractivity contribution in [1.29, 1.82) is 0 Å². The van der Waals surface area contributed by atoms with Crippen LogP contribution in [0, 0.1) is 0 Å². The fraction of sp³-hybridized carbons (Fsp3) is 0.846. The highest BCUT2D eigenvalue weighted by molar-refractivity contribution is 5.78. The number of hydrogen-bond acceptors (Lipinski definition) is 5. The van der Waals surface area contributed by atoms with Gasteiger partial charge in [-0.15, -0.1) is 0 Å². The van der Waals surface area contributed by atoms with E-state index in [1.54, 1.807) is 0 Å². The van der Waals surface area contributed by atoms with Crippen LogP contribution in [0.2, 0.25) is 0 Å². The normalized spacial score (nSPS) is 23.9. The SMILES string of the molecule is COC(=O)CCCNC(=O)CN1CCC(N)CC1C. The molecule has 0 saturated carbocycles. The summed E-state index contributed by atoms with van der Waals surface area (Å²) < 4.78 is 4.53. The number of nitrogens with zero attached hydrogens (tertiary/aromatic N) is 1. The third-order valence-corrected chi connectivity index (χ3v) is 3.51. The lowest BCUT2D eigenvalue weighted by molar-refractivity contribution is -0.140. The number of amides is 1. The van der Waals surface area contributed by atoms with Crippen molar-refractivity contribution < 1.29 is 14.3 Å². The van der Waals surface area contributed by atoms with E-state index in [2.05, 4.69) is 21.9 Å². The monoisotopic (exact) mass is 271 g/mol. The molecular weight excluding hydrogens is 246 g/mol. The zero-order chi connectivity index (χ0) is 14.3. The van der Waals surface area contributed by atoms with Gasteiger partial charge in [-0.1, -0.05) is 0 Å². The molecule has 3 N–H and O–H groups in total. The number of piperidine rings is 1. The Bertz CT molecular complexity index is 310. The molecule has 110 valence electrons. The number of carbonyl (C=O) groups is 2. The van der Waals surface area contributed by atoms with Crippen LogP contribution in [-0.2, 0) is 14.3 Å². The van der Waals surface area contributed by atoms with E-state index in [0.29, 0.717) is 32.0 Å². The smallest absolute Gasteiger partial charge is 0.305 e. The van der Waals surface area contributed by atoms with Crippen LogP contribution in [0.5, 0.6) is 0 Å². The fourth-order valence-electron chi connectivity index (χ4n) is 2.29. The van der Waals surface area contributed by atoms with E-state index in [-0.39, 0.29) is 17.9 Å². The van der Waals surface area contributed by atoms with Crippen LogP contribution in [-0.4, -0.2) is 55.6 Å². The summed E-state index contributed by atoms with van der Waals surface area (Å²) in [5.74, 6) is -0.236. The molecule has 0 bridgehead atoms. The van der Waals surface area contributed by atoms with Gasteiger partial charge in [0.25, 0.3) is 0 Å². The largest absolute Gasteiger partial charge is 0.469 e. The van der Waals surface area contributed by atoms with Gasteiger partial charge in [0.2, 0.25) is 5.91 Å². The van der Waals surface area contributed by atoms with Crippen LogP contribution in [0.4, 0.5) is 0 Å². The van der Waals surface area contributed by atoms with Crippen LogP contribution >= 0.6 is 0 Å². The molecule has 0 radical (unpaired) electrons. The Morgan fingerprint density at radius 1 is 1.47 bits per heavy atom. The predicted octanol–water partition coefficient (Wildman–Crippen LogP) is -0.133. The molecule has 0 aliphatic carbocycles. The number of methoxy groups -OCH3 is 1. The van der Waals surface area contributed by atoms with E-state index in [1.165, 1.54) is 7.11 Å². The molecule has 1 heterocycles. The standard InChI is InChI=1S/C13H25N3O3/c1-10-8-11(14)5-7-16(10)9-12(17)15-6-3-4-13(18)19-2/h10-11H,3-9,14H2,1-2H3,(H,15,17). The van der Waals surface area contributed by atoms with E-state index in [0.717, 1.165) is 19.4 Å². The third-order valence-electron chi connectivity index (χ3n) is 3.51. The van der Waals surface area contributed by atoms with E-state index in [1.807, 2.05) is 0 Å². The van der Waals surface area contributed by atoms with E-state index in [4.69, 9.17) is 5.73 Å². The van der Waals surface area contributed by atoms with Crippen molar-refractivity contribution in [2.45, 2.75) is 44.7 Å². The highest BCUT2D eigenvalue weighted by atomic mass is 16.5. The van der Waals surface area contributed by atoms with Crippen LogP contribution in [0.3, 0.4) is 0 Å². The summed E-state index contributed by atoms with van der Waals surface area (Å²) in [6.45, 7) is 3.89. The zero-order valence-electron chi connectivity index (χ0n) is 11.9. The number of nitrogens with one attached hydrogen (secondary N) is 1. The quantitative estimate of drug-likeness (QED) is 0.519. The van der Waals surface area contributed by atoms with E-state index < -0.39 is 0 Å². The Labute approximate surface area is 114 Å². The average molecular weight is 271 g/mol. The van der Waals surface area contributed by atoms with Gasteiger partial charge in [0, 0.05) is 31.6 Å². The van der Waals surface area contributed by atoms with E-state index in [9.17, 15) is 9.59 Å². The summed E-state index contributed by atoms with van der Waals surface area (Å²) in [7, 11) is 1.36. The number of rotatable bonds is 6. The molecule has 1 rings (SSSR count). The molecule has 0 spiro atoms.